The van der Waals surface area contributed by atoms with Gasteiger partial charge in [0.15, 0.2) is 0 Å². The fraction of sp³-hybridized carbons (Fsp3) is 0.588. The van der Waals surface area contributed by atoms with Crippen LogP contribution in [0.1, 0.15) is 38.7 Å². The lowest BCUT2D eigenvalue weighted by atomic mass is 9.99. The van der Waals surface area contributed by atoms with E-state index in [1.165, 1.54) is 11.3 Å². The van der Waals surface area contributed by atoms with Crippen LogP contribution in [0.15, 0.2) is 24.3 Å². The Hall–Kier alpha value is -1.55. The fourth-order valence-corrected chi connectivity index (χ4v) is 2.91. The van der Waals surface area contributed by atoms with E-state index in [0.29, 0.717) is 6.04 Å². The number of para-hydroxylation sites is 1. The number of rotatable bonds is 5. The van der Waals surface area contributed by atoms with Gasteiger partial charge in [-0.3, -0.25) is 4.79 Å². The van der Waals surface area contributed by atoms with Crippen LogP contribution in [0.2, 0.25) is 0 Å². The molecular formula is C17H27N3O. The van der Waals surface area contributed by atoms with Crippen LogP contribution in [0.5, 0.6) is 0 Å². The van der Waals surface area contributed by atoms with Gasteiger partial charge in [0.05, 0.1) is 0 Å². The Bertz CT molecular complexity index is 473. The van der Waals surface area contributed by atoms with E-state index in [0.717, 1.165) is 32.4 Å². The van der Waals surface area contributed by atoms with Crippen LogP contribution < -0.4 is 15.5 Å². The number of nitrogens with one attached hydrogen (secondary N) is 2. The van der Waals surface area contributed by atoms with Crippen molar-refractivity contribution >= 4 is 11.6 Å². The molecule has 1 fully saturated rings. The monoisotopic (exact) mass is 289 g/mol. The highest BCUT2D eigenvalue weighted by atomic mass is 16.2. The maximum absolute atomic E-state index is 12.2. The minimum Gasteiger partial charge on any atom is -0.359 e. The van der Waals surface area contributed by atoms with Gasteiger partial charge in [-0.15, -0.1) is 0 Å². The van der Waals surface area contributed by atoms with Gasteiger partial charge in [-0.1, -0.05) is 32.0 Å². The molecule has 1 aliphatic rings. The molecule has 0 spiro atoms. The average Bonchev–Trinajstić information content (AvgIpc) is 2.52. The smallest absolute Gasteiger partial charge is 0.242 e. The highest BCUT2D eigenvalue weighted by molar-refractivity contribution is 5.85. The van der Waals surface area contributed by atoms with Gasteiger partial charge in [0.1, 0.15) is 6.04 Å². The van der Waals surface area contributed by atoms with Crippen molar-refractivity contribution in [3.63, 3.8) is 0 Å². The van der Waals surface area contributed by atoms with Gasteiger partial charge in [-0.05, 0) is 30.9 Å². The Morgan fingerprint density at radius 2 is 2.10 bits per heavy atom. The number of hydrogen-bond acceptors (Lipinski definition) is 3. The van der Waals surface area contributed by atoms with E-state index >= 15 is 0 Å². The summed E-state index contributed by atoms with van der Waals surface area (Å²) < 4.78 is 0. The molecule has 1 aliphatic heterocycles. The number of anilines is 1. The Kier molecular flexibility index (Phi) is 5.62. The maximum atomic E-state index is 12.2. The minimum atomic E-state index is -0.0380. The zero-order valence-corrected chi connectivity index (χ0v) is 13.4. The van der Waals surface area contributed by atoms with E-state index in [1.807, 2.05) is 0 Å². The van der Waals surface area contributed by atoms with Crippen LogP contribution in [-0.4, -0.2) is 31.6 Å². The summed E-state index contributed by atoms with van der Waals surface area (Å²) >= 11 is 0. The van der Waals surface area contributed by atoms with E-state index in [2.05, 4.69) is 53.6 Å². The minimum absolute atomic E-state index is 0.0380. The molecule has 1 heterocycles. The van der Waals surface area contributed by atoms with Gasteiger partial charge in [0, 0.05) is 31.9 Å². The Morgan fingerprint density at radius 1 is 1.33 bits per heavy atom. The zero-order valence-electron chi connectivity index (χ0n) is 13.4. The van der Waals surface area contributed by atoms with Crippen LogP contribution in [0.25, 0.3) is 0 Å². The van der Waals surface area contributed by atoms with Crippen molar-refractivity contribution in [1.29, 1.82) is 0 Å². The normalized spacial score (nSPS) is 18.9. The first-order valence-corrected chi connectivity index (χ1v) is 7.93. The van der Waals surface area contributed by atoms with Gasteiger partial charge in [-0.2, -0.15) is 0 Å². The van der Waals surface area contributed by atoms with Crippen molar-refractivity contribution in [2.45, 2.75) is 51.7 Å². The SMILES string of the molecule is CNC(=O)C1CCCCN1c1ccccc1CNC(C)C. The zero-order chi connectivity index (χ0) is 15.2. The largest absolute Gasteiger partial charge is 0.359 e. The molecule has 0 bridgehead atoms. The van der Waals surface area contributed by atoms with Gasteiger partial charge in [-0.25, -0.2) is 0 Å². The second-order valence-corrected chi connectivity index (χ2v) is 5.98. The first-order valence-electron chi connectivity index (χ1n) is 7.93. The van der Waals surface area contributed by atoms with Crippen LogP contribution >= 0.6 is 0 Å². The number of benzene rings is 1. The van der Waals surface area contributed by atoms with Gasteiger partial charge < -0.3 is 15.5 Å². The van der Waals surface area contributed by atoms with Crippen molar-refractivity contribution in [2.75, 3.05) is 18.5 Å². The Labute approximate surface area is 127 Å². The third kappa shape index (κ3) is 3.97. The van der Waals surface area contributed by atoms with E-state index in [-0.39, 0.29) is 11.9 Å². The molecule has 0 aromatic heterocycles. The molecule has 1 saturated heterocycles. The van der Waals surface area contributed by atoms with Crippen molar-refractivity contribution in [2.24, 2.45) is 0 Å². The topological polar surface area (TPSA) is 44.4 Å². The molecule has 0 radical (unpaired) electrons. The van der Waals surface area contributed by atoms with E-state index < -0.39 is 0 Å². The highest BCUT2D eigenvalue weighted by Gasteiger charge is 2.29. The molecular weight excluding hydrogens is 262 g/mol. The van der Waals surface area contributed by atoms with Crippen LogP contribution in [0.3, 0.4) is 0 Å². The maximum Gasteiger partial charge on any atom is 0.242 e. The molecule has 1 amide bonds. The summed E-state index contributed by atoms with van der Waals surface area (Å²) in [5.41, 5.74) is 2.46. The van der Waals surface area contributed by atoms with Crippen molar-refractivity contribution in [3.8, 4) is 0 Å². The molecule has 4 nitrogen and oxygen atoms in total. The molecule has 4 heteroatoms. The van der Waals surface area contributed by atoms with Crippen molar-refractivity contribution in [1.82, 2.24) is 10.6 Å². The molecule has 2 N–H and O–H groups in total. The molecule has 2 rings (SSSR count). The summed E-state index contributed by atoms with van der Waals surface area (Å²) in [7, 11) is 1.72. The second kappa shape index (κ2) is 7.46. The van der Waals surface area contributed by atoms with Gasteiger partial charge >= 0.3 is 0 Å². The predicted molar refractivity (Wildman–Crippen MR) is 87.5 cm³/mol. The number of hydrogen-bond donors (Lipinski definition) is 2. The lowest BCUT2D eigenvalue weighted by molar-refractivity contribution is -0.122. The predicted octanol–water partition coefficient (Wildman–Crippen LogP) is 2.29. The summed E-state index contributed by atoms with van der Waals surface area (Å²) in [5, 5.41) is 6.28. The second-order valence-electron chi connectivity index (χ2n) is 5.98. The molecule has 1 atom stereocenters. The quantitative estimate of drug-likeness (QED) is 0.874. The van der Waals surface area contributed by atoms with Crippen LogP contribution in [0.4, 0.5) is 5.69 Å². The van der Waals surface area contributed by atoms with Gasteiger partial charge in [0.25, 0.3) is 0 Å². The first kappa shape index (κ1) is 15.8. The summed E-state index contributed by atoms with van der Waals surface area (Å²) in [5.74, 6) is 0.126. The third-order valence-electron chi connectivity index (χ3n) is 4.05. The summed E-state index contributed by atoms with van der Waals surface area (Å²) in [6.07, 6.45) is 3.21. The Morgan fingerprint density at radius 3 is 2.81 bits per heavy atom. The van der Waals surface area contributed by atoms with E-state index in [1.54, 1.807) is 7.05 Å². The molecule has 0 saturated carbocycles. The summed E-state index contributed by atoms with van der Waals surface area (Å²) in [4.78, 5) is 14.4. The van der Waals surface area contributed by atoms with Crippen LogP contribution in [-0.2, 0) is 11.3 Å². The Balaban J connectivity index is 2.23. The van der Waals surface area contributed by atoms with Crippen molar-refractivity contribution in [3.05, 3.63) is 29.8 Å². The molecule has 1 unspecified atom stereocenters. The molecule has 0 aliphatic carbocycles. The number of likely N-dealkylation sites (N-methyl/N-ethyl adjacent to an activating group) is 1. The number of piperidine rings is 1. The average molecular weight is 289 g/mol. The molecule has 1 aromatic rings. The standard InChI is InChI=1S/C17H27N3O/c1-13(2)19-12-14-8-4-5-9-15(14)20-11-7-6-10-16(20)17(21)18-3/h4-5,8-9,13,16,19H,6-7,10-12H2,1-3H3,(H,18,21). The number of nitrogens with zero attached hydrogens (tertiary/aromatic N) is 1. The number of amides is 1. The van der Waals surface area contributed by atoms with Crippen LogP contribution in [0, 0.1) is 0 Å². The fourth-order valence-electron chi connectivity index (χ4n) is 2.91. The highest BCUT2D eigenvalue weighted by Crippen LogP contribution is 2.28. The van der Waals surface area contributed by atoms with E-state index in [9.17, 15) is 4.79 Å². The third-order valence-corrected chi connectivity index (χ3v) is 4.05. The summed E-state index contributed by atoms with van der Waals surface area (Å²) in [6, 6.07) is 8.83. The van der Waals surface area contributed by atoms with Gasteiger partial charge in [0.2, 0.25) is 5.91 Å². The lowest BCUT2D eigenvalue weighted by Gasteiger charge is -2.37. The molecule has 1 aromatic carbocycles. The number of carbonyl (C=O) groups is 1. The summed E-state index contributed by atoms with van der Waals surface area (Å²) in [6.45, 7) is 6.09. The van der Waals surface area contributed by atoms with E-state index in [4.69, 9.17) is 0 Å². The number of carbonyl (C=O) groups excluding carboxylic acids is 1. The molecule has 21 heavy (non-hydrogen) atoms. The lowest BCUT2D eigenvalue weighted by Crippen LogP contribution is -2.49. The van der Waals surface area contributed by atoms with Crippen molar-refractivity contribution < 1.29 is 4.79 Å². The molecule has 116 valence electrons. The first-order chi connectivity index (χ1) is 10.1.